The van der Waals surface area contributed by atoms with Crippen LogP contribution < -0.4 is 10.6 Å². The topological polar surface area (TPSA) is 59.5 Å². The number of aryl methyl sites for hydroxylation is 1. The molecule has 0 aliphatic rings. The van der Waals surface area contributed by atoms with E-state index < -0.39 is 0 Å². The fourth-order valence-electron chi connectivity index (χ4n) is 2.09. The van der Waals surface area contributed by atoms with Crippen LogP contribution in [0, 0.1) is 6.92 Å². The van der Waals surface area contributed by atoms with E-state index in [-0.39, 0.29) is 0 Å². The minimum atomic E-state index is 0.322. The predicted octanol–water partition coefficient (Wildman–Crippen LogP) is 1.93. The molecule has 2 heterocycles. The molecule has 0 aliphatic carbocycles. The van der Waals surface area contributed by atoms with Gasteiger partial charge in [-0.2, -0.15) is 5.10 Å². The lowest BCUT2D eigenvalue weighted by atomic mass is 10.2. The van der Waals surface area contributed by atoms with Crippen LogP contribution >= 0.6 is 12.2 Å². The Morgan fingerprint density at radius 1 is 1.53 bits per heavy atom. The van der Waals surface area contributed by atoms with E-state index in [4.69, 9.17) is 18.0 Å². The number of hydrogen-bond acceptors (Lipinski definition) is 4. The van der Waals surface area contributed by atoms with Crippen LogP contribution in [0.1, 0.15) is 26.0 Å². The lowest BCUT2D eigenvalue weighted by Gasteiger charge is -2.28. The Balaban J connectivity index is 2.40. The summed E-state index contributed by atoms with van der Waals surface area (Å²) in [6.45, 7) is 7.01. The molecule has 6 heteroatoms. The molecule has 0 radical (unpaired) electrons. The van der Waals surface area contributed by atoms with Gasteiger partial charge in [-0.3, -0.25) is 0 Å². The molecule has 0 unspecified atom stereocenters. The van der Waals surface area contributed by atoms with Crippen molar-refractivity contribution in [3.05, 3.63) is 24.2 Å². The first kappa shape index (κ1) is 13.7. The summed E-state index contributed by atoms with van der Waals surface area (Å²) in [7, 11) is 0. The maximum absolute atomic E-state index is 5.60. The van der Waals surface area contributed by atoms with Crippen molar-refractivity contribution >= 4 is 28.5 Å². The molecule has 2 rings (SSSR count). The summed E-state index contributed by atoms with van der Waals surface area (Å²) < 4.78 is 1.85. The van der Waals surface area contributed by atoms with Crippen molar-refractivity contribution < 1.29 is 0 Å². The molecular formula is C13H19N5S. The molecule has 2 N–H and O–H groups in total. The maximum atomic E-state index is 5.60. The molecule has 0 aliphatic heterocycles. The maximum Gasteiger partial charge on any atom is 0.154 e. The van der Waals surface area contributed by atoms with Crippen molar-refractivity contribution in [1.29, 1.82) is 0 Å². The molecule has 0 spiro atoms. The third kappa shape index (κ3) is 3.01. The molecule has 5 nitrogen and oxygen atoms in total. The summed E-state index contributed by atoms with van der Waals surface area (Å²) in [5, 5.41) is 4.41. The zero-order valence-electron chi connectivity index (χ0n) is 11.5. The molecule has 2 aromatic heterocycles. The van der Waals surface area contributed by atoms with Crippen LogP contribution in [0.4, 0.5) is 5.82 Å². The van der Waals surface area contributed by atoms with Gasteiger partial charge >= 0.3 is 0 Å². The largest absolute Gasteiger partial charge is 0.393 e. The van der Waals surface area contributed by atoms with Gasteiger partial charge in [-0.25, -0.2) is 9.50 Å². The first-order chi connectivity index (χ1) is 8.99. The Kier molecular flexibility index (Phi) is 3.99. The fourth-order valence-corrected chi connectivity index (χ4v) is 2.18. The highest BCUT2D eigenvalue weighted by atomic mass is 32.1. The number of anilines is 1. The molecule has 0 bridgehead atoms. The van der Waals surface area contributed by atoms with E-state index in [9.17, 15) is 0 Å². The first-order valence-electron chi connectivity index (χ1n) is 6.35. The van der Waals surface area contributed by atoms with Gasteiger partial charge in [0.05, 0.1) is 10.7 Å². The highest BCUT2D eigenvalue weighted by Gasteiger charge is 2.16. The molecule has 19 heavy (non-hydrogen) atoms. The third-order valence-electron chi connectivity index (χ3n) is 2.99. The SMILES string of the molecule is Cc1cc2c(N(CCC(N)=S)C(C)C)nccn2n1. The van der Waals surface area contributed by atoms with Gasteiger partial charge in [-0.05, 0) is 26.8 Å². The summed E-state index contributed by atoms with van der Waals surface area (Å²) in [5.41, 5.74) is 7.59. The Bertz CT molecular complexity index is 590. The molecule has 0 fully saturated rings. The van der Waals surface area contributed by atoms with Gasteiger partial charge in [-0.1, -0.05) is 12.2 Å². The van der Waals surface area contributed by atoms with Crippen LogP contribution in [-0.2, 0) is 0 Å². The van der Waals surface area contributed by atoms with Gasteiger partial charge in [0.1, 0.15) is 5.52 Å². The number of fused-ring (bicyclic) bond motifs is 1. The van der Waals surface area contributed by atoms with E-state index in [0.717, 1.165) is 23.6 Å². The van der Waals surface area contributed by atoms with Crippen molar-refractivity contribution in [2.24, 2.45) is 5.73 Å². The van der Waals surface area contributed by atoms with Crippen molar-refractivity contribution in [2.45, 2.75) is 33.2 Å². The first-order valence-corrected chi connectivity index (χ1v) is 6.76. The Hall–Kier alpha value is -1.69. The fraction of sp³-hybridized carbons (Fsp3) is 0.462. The normalized spacial score (nSPS) is 11.2. The smallest absolute Gasteiger partial charge is 0.154 e. The number of thiocarbonyl (C=S) groups is 1. The van der Waals surface area contributed by atoms with Gasteiger partial charge in [-0.15, -0.1) is 0 Å². The number of aromatic nitrogens is 3. The minimum absolute atomic E-state index is 0.322. The monoisotopic (exact) mass is 277 g/mol. The van der Waals surface area contributed by atoms with E-state index in [1.807, 2.05) is 23.7 Å². The standard InChI is InChI=1S/C13H19N5S/c1-9(2)17(6-4-12(14)19)13-11-8-10(3)16-18(11)7-5-15-13/h5,7-9H,4,6H2,1-3H3,(H2,14,19). The van der Waals surface area contributed by atoms with Crippen LogP contribution in [0.3, 0.4) is 0 Å². The average Bonchev–Trinajstić information content (AvgIpc) is 2.69. The summed E-state index contributed by atoms with van der Waals surface area (Å²) in [5.74, 6) is 0.925. The van der Waals surface area contributed by atoms with E-state index in [1.165, 1.54) is 0 Å². The number of rotatable bonds is 5. The van der Waals surface area contributed by atoms with Crippen molar-refractivity contribution in [1.82, 2.24) is 14.6 Å². The highest BCUT2D eigenvalue weighted by Crippen LogP contribution is 2.21. The second-order valence-corrected chi connectivity index (χ2v) is 5.39. The average molecular weight is 277 g/mol. The lowest BCUT2D eigenvalue weighted by Crippen LogP contribution is -2.34. The van der Waals surface area contributed by atoms with Crippen molar-refractivity contribution in [3.8, 4) is 0 Å². The summed E-state index contributed by atoms with van der Waals surface area (Å²) in [4.78, 5) is 7.23. The van der Waals surface area contributed by atoms with Crippen LogP contribution in [-0.4, -0.2) is 32.2 Å². The Morgan fingerprint density at radius 3 is 2.89 bits per heavy atom. The van der Waals surface area contributed by atoms with Gasteiger partial charge in [0.15, 0.2) is 5.82 Å². The van der Waals surface area contributed by atoms with Gasteiger partial charge in [0.2, 0.25) is 0 Å². The minimum Gasteiger partial charge on any atom is -0.393 e. The zero-order chi connectivity index (χ0) is 14.0. The molecule has 2 aromatic rings. The Labute approximate surface area is 118 Å². The predicted molar refractivity (Wildman–Crippen MR) is 81.6 cm³/mol. The van der Waals surface area contributed by atoms with Crippen LogP contribution in [0.25, 0.3) is 5.52 Å². The third-order valence-corrected chi connectivity index (χ3v) is 3.19. The molecule has 0 saturated carbocycles. The summed E-state index contributed by atoms with van der Waals surface area (Å²) >= 11 is 4.96. The van der Waals surface area contributed by atoms with E-state index >= 15 is 0 Å². The lowest BCUT2D eigenvalue weighted by molar-refractivity contribution is 0.680. The van der Waals surface area contributed by atoms with E-state index in [0.29, 0.717) is 17.5 Å². The van der Waals surface area contributed by atoms with Crippen LogP contribution in [0.5, 0.6) is 0 Å². The number of nitrogens with two attached hydrogens (primary N) is 1. The van der Waals surface area contributed by atoms with E-state index in [2.05, 4.69) is 28.8 Å². The molecule has 0 atom stereocenters. The number of hydrogen-bond donors (Lipinski definition) is 1. The molecule has 102 valence electrons. The molecule has 0 amide bonds. The van der Waals surface area contributed by atoms with Crippen molar-refractivity contribution in [3.63, 3.8) is 0 Å². The zero-order valence-corrected chi connectivity index (χ0v) is 12.3. The van der Waals surface area contributed by atoms with Gasteiger partial charge < -0.3 is 10.6 Å². The number of nitrogens with zero attached hydrogens (tertiary/aromatic N) is 4. The summed E-state index contributed by atoms with van der Waals surface area (Å²) in [6.07, 6.45) is 4.31. The summed E-state index contributed by atoms with van der Waals surface area (Å²) in [6, 6.07) is 2.36. The van der Waals surface area contributed by atoms with E-state index in [1.54, 1.807) is 6.20 Å². The second kappa shape index (κ2) is 5.52. The van der Waals surface area contributed by atoms with Crippen LogP contribution in [0.2, 0.25) is 0 Å². The van der Waals surface area contributed by atoms with Gasteiger partial charge in [0.25, 0.3) is 0 Å². The van der Waals surface area contributed by atoms with Gasteiger partial charge in [0, 0.05) is 31.4 Å². The Morgan fingerprint density at radius 2 is 2.26 bits per heavy atom. The second-order valence-electron chi connectivity index (χ2n) is 4.87. The van der Waals surface area contributed by atoms with Crippen molar-refractivity contribution in [2.75, 3.05) is 11.4 Å². The van der Waals surface area contributed by atoms with Crippen LogP contribution in [0.15, 0.2) is 18.5 Å². The quantitative estimate of drug-likeness (QED) is 0.846. The molecular weight excluding hydrogens is 258 g/mol. The molecule has 0 aromatic carbocycles. The highest BCUT2D eigenvalue weighted by molar-refractivity contribution is 7.80. The molecule has 0 saturated heterocycles.